The molecular weight excluding hydrogens is 431 g/mol. The first-order valence-corrected chi connectivity index (χ1v) is 10.2. The summed E-state index contributed by atoms with van der Waals surface area (Å²) in [5, 5.41) is 0. The third kappa shape index (κ3) is 16.2. The molecule has 1 atom stereocenters. The molecule has 0 aliphatic carbocycles. The van der Waals surface area contributed by atoms with E-state index < -0.39 is 17.2 Å². The van der Waals surface area contributed by atoms with Crippen LogP contribution in [0.15, 0.2) is 12.2 Å². The van der Waals surface area contributed by atoms with Gasteiger partial charge in [0.25, 0.3) is 0 Å². The van der Waals surface area contributed by atoms with Gasteiger partial charge < -0.3 is 9.47 Å². The van der Waals surface area contributed by atoms with Crippen molar-refractivity contribution >= 4 is 34.5 Å². The highest BCUT2D eigenvalue weighted by Crippen LogP contribution is 2.15. The van der Waals surface area contributed by atoms with Crippen LogP contribution in [0.4, 0.5) is 0 Å². The van der Waals surface area contributed by atoms with Gasteiger partial charge in [0.15, 0.2) is 0 Å². The lowest BCUT2D eigenvalue weighted by Gasteiger charge is -2.18. The minimum Gasteiger partial charge on any atom is -0.457 e. The minimum absolute atomic E-state index is 0.116. The summed E-state index contributed by atoms with van der Waals surface area (Å²) >= 11 is 2.33. The van der Waals surface area contributed by atoms with E-state index in [4.69, 9.17) is 9.47 Å². The monoisotopic (exact) mass is 462 g/mol. The zero-order valence-corrected chi connectivity index (χ0v) is 18.4. The minimum atomic E-state index is -0.528. The van der Waals surface area contributed by atoms with Crippen LogP contribution in [-0.4, -0.2) is 27.6 Å². The largest absolute Gasteiger partial charge is 0.457 e. The van der Waals surface area contributed by atoms with Crippen LogP contribution >= 0.6 is 22.6 Å². The Kier molecular flexibility index (Phi) is 11.1. The Morgan fingerprint density at radius 3 is 2.16 bits per heavy atom. The number of esters is 2. The molecule has 0 spiro atoms. The number of rotatable bonds is 7. The zero-order chi connectivity index (χ0) is 19.5. The van der Waals surface area contributed by atoms with Crippen molar-refractivity contribution in [2.24, 2.45) is 5.92 Å². The van der Waals surface area contributed by atoms with Crippen molar-refractivity contribution in [2.45, 2.75) is 78.4 Å². The molecule has 0 bridgehead atoms. The van der Waals surface area contributed by atoms with E-state index in [0.29, 0.717) is 6.42 Å². The third-order valence-electron chi connectivity index (χ3n) is 2.81. The molecule has 0 aliphatic heterocycles. The van der Waals surface area contributed by atoms with E-state index in [-0.39, 0.29) is 11.9 Å². The maximum Gasteiger partial charge on any atom is 0.384 e. The van der Waals surface area contributed by atoms with Crippen LogP contribution in [0.1, 0.15) is 67.2 Å². The molecule has 0 N–H and O–H groups in total. The van der Waals surface area contributed by atoms with Gasteiger partial charge >= 0.3 is 11.9 Å². The molecule has 4 nitrogen and oxygen atoms in total. The lowest BCUT2D eigenvalue weighted by atomic mass is 9.98. The molecule has 0 aromatic rings. The molecule has 0 saturated heterocycles. The maximum absolute atomic E-state index is 11.7. The van der Waals surface area contributed by atoms with E-state index in [1.807, 2.05) is 41.5 Å². The van der Waals surface area contributed by atoms with E-state index >= 15 is 0 Å². The molecule has 0 radical (unpaired) electrons. The Bertz CT molecular complexity index is 513. The smallest absolute Gasteiger partial charge is 0.384 e. The van der Waals surface area contributed by atoms with Gasteiger partial charge in [0.05, 0.1) is 0 Å². The molecule has 0 fully saturated rings. The summed E-state index contributed by atoms with van der Waals surface area (Å²) in [6.45, 7) is 11.0. The fraction of sp³-hybridized carbons (Fsp3) is 0.700. The quantitative estimate of drug-likeness (QED) is 0.136. The summed E-state index contributed by atoms with van der Waals surface area (Å²) in [6, 6.07) is 0. The highest BCUT2D eigenvalue weighted by Gasteiger charge is 2.15. The van der Waals surface area contributed by atoms with E-state index in [0.717, 1.165) is 23.7 Å². The van der Waals surface area contributed by atoms with Crippen LogP contribution in [0.3, 0.4) is 0 Å². The fourth-order valence-electron chi connectivity index (χ4n) is 1.89. The average Bonchev–Trinajstić information content (AvgIpc) is 2.41. The van der Waals surface area contributed by atoms with Crippen molar-refractivity contribution in [1.82, 2.24) is 0 Å². The normalized spacial score (nSPS) is 13.1. The molecular formula is C20H31IO4. The van der Waals surface area contributed by atoms with E-state index in [1.165, 1.54) is 6.08 Å². The van der Waals surface area contributed by atoms with Gasteiger partial charge in [0, 0.05) is 17.9 Å². The molecule has 0 aromatic carbocycles. The van der Waals surface area contributed by atoms with Gasteiger partial charge in [-0.15, -0.1) is 0 Å². The highest BCUT2D eigenvalue weighted by molar-refractivity contribution is 14.1. The van der Waals surface area contributed by atoms with Crippen molar-refractivity contribution in [3.63, 3.8) is 0 Å². The molecule has 0 aliphatic rings. The third-order valence-corrected chi connectivity index (χ3v) is 3.57. The predicted octanol–water partition coefficient (Wildman–Crippen LogP) is 4.84. The first-order valence-electron chi connectivity index (χ1n) is 8.63. The number of alkyl halides is 1. The van der Waals surface area contributed by atoms with Crippen molar-refractivity contribution in [1.29, 1.82) is 0 Å². The van der Waals surface area contributed by atoms with Gasteiger partial charge in [-0.2, -0.15) is 0 Å². The van der Waals surface area contributed by atoms with Crippen molar-refractivity contribution in [3.8, 4) is 11.8 Å². The van der Waals surface area contributed by atoms with Crippen molar-refractivity contribution < 1.29 is 19.1 Å². The van der Waals surface area contributed by atoms with E-state index in [1.54, 1.807) is 6.08 Å². The molecule has 1 unspecified atom stereocenters. The molecule has 0 heterocycles. The van der Waals surface area contributed by atoms with Gasteiger partial charge in [-0.05, 0) is 71.7 Å². The number of hydrogen-bond donors (Lipinski definition) is 0. The maximum atomic E-state index is 11.7. The Balaban J connectivity index is 4.55. The Morgan fingerprint density at radius 1 is 1.04 bits per heavy atom. The summed E-state index contributed by atoms with van der Waals surface area (Å²) in [7, 11) is 0. The number of allylic oxidation sites excluding steroid dienone is 1. The second kappa shape index (κ2) is 11.6. The van der Waals surface area contributed by atoms with Crippen LogP contribution in [-0.2, 0) is 19.1 Å². The highest BCUT2D eigenvalue weighted by atomic mass is 127. The number of carbonyl (C=O) groups excluding carboxylic acids is 2. The molecule has 0 amide bonds. The average molecular weight is 462 g/mol. The summed E-state index contributed by atoms with van der Waals surface area (Å²) in [5.74, 6) is 4.91. The first kappa shape index (κ1) is 24.0. The lowest BCUT2D eigenvalue weighted by molar-refractivity contribution is -0.149. The van der Waals surface area contributed by atoms with Crippen LogP contribution < -0.4 is 0 Å². The molecule has 5 heteroatoms. The van der Waals surface area contributed by atoms with Crippen LogP contribution in [0, 0.1) is 17.8 Å². The van der Waals surface area contributed by atoms with Gasteiger partial charge in [0.2, 0.25) is 0 Å². The van der Waals surface area contributed by atoms with Crippen LogP contribution in [0.5, 0.6) is 0 Å². The molecule has 25 heavy (non-hydrogen) atoms. The second-order valence-electron chi connectivity index (χ2n) is 7.81. The Labute approximate surface area is 166 Å². The molecule has 0 rings (SSSR count). The number of carbonyl (C=O) groups is 2. The van der Waals surface area contributed by atoms with Gasteiger partial charge in [-0.25, -0.2) is 9.59 Å². The van der Waals surface area contributed by atoms with E-state index in [9.17, 15) is 9.59 Å². The molecule has 142 valence electrons. The number of hydrogen-bond acceptors (Lipinski definition) is 4. The summed E-state index contributed by atoms with van der Waals surface area (Å²) < 4.78 is 11.5. The van der Waals surface area contributed by atoms with Crippen molar-refractivity contribution in [3.05, 3.63) is 12.2 Å². The van der Waals surface area contributed by atoms with Gasteiger partial charge in [-0.3, -0.25) is 0 Å². The summed E-state index contributed by atoms with van der Waals surface area (Å²) in [4.78, 5) is 23.3. The van der Waals surface area contributed by atoms with Crippen LogP contribution in [0.25, 0.3) is 0 Å². The van der Waals surface area contributed by atoms with Gasteiger partial charge in [0.1, 0.15) is 11.2 Å². The van der Waals surface area contributed by atoms with Crippen molar-refractivity contribution in [2.75, 3.05) is 4.43 Å². The SMILES string of the molecule is CC(C)(C)OC(=O)C#CC(CC/C=C\C(=O)OC(C)(C)C)CCCI. The predicted molar refractivity (Wildman–Crippen MR) is 109 cm³/mol. The Hall–Kier alpha value is -1.03. The number of halogens is 1. The lowest BCUT2D eigenvalue weighted by Crippen LogP contribution is -2.22. The van der Waals surface area contributed by atoms with E-state index in [2.05, 4.69) is 34.4 Å². The molecule has 0 aromatic heterocycles. The number of ether oxygens (including phenoxy) is 2. The summed E-state index contributed by atoms with van der Waals surface area (Å²) in [6.07, 6.45) is 6.76. The second-order valence-corrected chi connectivity index (χ2v) is 8.89. The standard InChI is InChI=1S/C20H31IO4/c1-19(2,3)24-17(22)12-8-7-10-16(11-9-15-21)13-14-18(23)25-20(4,5)6/h8,12,16H,7,9-11,15H2,1-6H3/b12-8-. The van der Waals surface area contributed by atoms with Crippen LogP contribution in [0.2, 0.25) is 0 Å². The Morgan fingerprint density at radius 2 is 1.64 bits per heavy atom. The molecule has 0 saturated carbocycles. The zero-order valence-electron chi connectivity index (χ0n) is 16.3. The summed E-state index contributed by atoms with van der Waals surface area (Å²) in [5.41, 5.74) is -1.01. The first-order chi connectivity index (χ1) is 11.4. The fourth-order valence-corrected chi connectivity index (χ4v) is 2.33. The topological polar surface area (TPSA) is 52.6 Å². The van der Waals surface area contributed by atoms with Gasteiger partial charge in [-0.1, -0.05) is 34.6 Å².